The van der Waals surface area contributed by atoms with Gasteiger partial charge < -0.3 is 9.84 Å². The minimum atomic E-state index is -0.943. The highest BCUT2D eigenvalue weighted by Crippen LogP contribution is 2.34. The third-order valence-corrected chi connectivity index (χ3v) is 3.10. The minimum absolute atomic E-state index is 0.206. The van der Waals surface area contributed by atoms with Gasteiger partial charge in [-0.3, -0.25) is 4.79 Å². The molecule has 1 unspecified atom stereocenters. The number of carboxylic acid groups (broad SMARTS) is 1. The molecule has 1 fully saturated rings. The Balaban J connectivity index is 2.39. The number of hydrogen-bond acceptors (Lipinski definition) is 5. The van der Waals surface area contributed by atoms with Gasteiger partial charge in [0.25, 0.3) is 0 Å². The van der Waals surface area contributed by atoms with Crippen LogP contribution in [0.1, 0.15) is 11.4 Å². The SMILES string of the molecule is O=C(O)C1(c2nncs2)CCOC1. The van der Waals surface area contributed by atoms with Crippen LogP contribution in [0.25, 0.3) is 0 Å². The van der Waals surface area contributed by atoms with Crippen LogP contribution in [-0.2, 0) is 14.9 Å². The molecule has 0 aliphatic carbocycles. The second-order valence-electron chi connectivity index (χ2n) is 2.93. The van der Waals surface area contributed by atoms with Gasteiger partial charge >= 0.3 is 5.97 Å². The highest BCUT2D eigenvalue weighted by Gasteiger charge is 2.46. The van der Waals surface area contributed by atoms with E-state index in [1.165, 1.54) is 11.3 Å². The Morgan fingerprint density at radius 3 is 3.08 bits per heavy atom. The molecule has 0 bridgehead atoms. The highest BCUT2D eigenvalue weighted by atomic mass is 32.1. The molecule has 1 saturated heterocycles. The van der Waals surface area contributed by atoms with E-state index in [9.17, 15) is 4.79 Å². The predicted molar refractivity (Wildman–Crippen MR) is 44.7 cm³/mol. The smallest absolute Gasteiger partial charge is 0.319 e. The van der Waals surface area contributed by atoms with E-state index in [0.717, 1.165) is 0 Å². The summed E-state index contributed by atoms with van der Waals surface area (Å²) in [6.07, 6.45) is 0.484. The van der Waals surface area contributed by atoms with Gasteiger partial charge in [-0.2, -0.15) is 0 Å². The lowest BCUT2D eigenvalue weighted by atomic mass is 9.88. The Labute approximate surface area is 78.4 Å². The number of aliphatic carboxylic acids is 1. The number of rotatable bonds is 2. The summed E-state index contributed by atoms with van der Waals surface area (Å²) in [6.45, 7) is 0.684. The standard InChI is InChI=1S/C7H8N2O3S/c10-6(11)7(1-2-12-3-7)5-9-8-4-13-5/h4H,1-3H2,(H,10,11). The third-order valence-electron chi connectivity index (χ3n) is 2.20. The van der Waals surface area contributed by atoms with Crippen molar-refractivity contribution in [3.8, 4) is 0 Å². The van der Waals surface area contributed by atoms with Gasteiger partial charge in [0, 0.05) is 6.61 Å². The molecule has 2 heterocycles. The van der Waals surface area contributed by atoms with Crippen molar-refractivity contribution in [2.75, 3.05) is 13.2 Å². The number of hydrogen-bond donors (Lipinski definition) is 1. The van der Waals surface area contributed by atoms with E-state index < -0.39 is 11.4 Å². The molecular weight excluding hydrogens is 192 g/mol. The molecular formula is C7H8N2O3S. The summed E-state index contributed by atoms with van der Waals surface area (Å²) in [4.78, 5) is 11.1. The zero-order valence-electron chi connectivity index (χ0n) is 6.77. The first kappa shape index (κ1) is 8.58. The average molecular weight is 200 g/mol. The van der Waals surface area contributed by atoms with Crippen LogP contribution in [0.15, 0.2) is 5.51 Å². The maximum absolute atomic E-state index is 11.1. The van der Waals surface area contributed by atoms with Gasteiger partial charge in [0.1, 0.15) is 15.9 Å². The van der Waals surface area contributed by atoms with Gasteiger partial charge in [0.2, 0.25) is 0 Å². The normalized spacial score (nSPS) is 27.7. The van der Waals surface area contributed by atoms with Crippen molar-refractivity contribution in [3.63, 3.8) is 0 Å². The number of carboxylic acids is 1. The van der Waals surface area contributed by atoms with Crippen molar-refractivity contribution in [2.24, 2.45) is 0 Å². The van der Waals surface area contributed by atoms with Crippen LogP contribution >= 0.6 is 11.3 Å². The maximum Gasteiger partial charge on any atom is 0.319 e. The number of carbonyl (C=O) groups is 1. The van der Waals surface area contributed by atoms with Gasteiger partial charge in [-0.05, 0) is 6.42 Å². The van der Waals surface area contributed by atoms with Crippen molar-refractivity contribution in [1.82, 2.24) is 10.2 Å². The van der Waals surface area contributed by atoms with E-state index in [2.05, 4.69) is 10.2 Å². The summed E-state index contributed by atoms with van der Waals surface area (Å²) >= 11 is 1.26. The Bertz CT molecular complexity index is 306. The van der Waals surface area contributed by atoms with Crippen LogP contribution in [0.3, 0.4) is 0 Å². The number of ether oxygens (including phenoxy) is 1. The topological polar surface area (TPSA) is 72.3 Å². The third kappa shape index (κ3) is 1.22. The molecule has 1 aromatic heterocycles. The zero-order valence-corrected chi connectivity index (χ0v) is 7.58. The van der Waals surface area contributed by atoms with Gasteiger partial charge in [-0.15, -0.1) is 21.5 Å². The summed E-state index contributed by atoms with van der Waals surface area (Å²) in [5.74, 6) is -0.873. The molecule has 6 heteroatoms. The van der Waals surface area contributed by atoms with Crippen LogP contribution in [0.5, 0.6) is 0 Å². The van der Waals surface area contributed by atoms with Crippen LogP contribution in [0.4, 0.5) is 0 Å². The molecule has 1 aromatic rings. The van der Waals surface area contributed by atoms with Crippen LogP contribution in [0.2, 0.25) is 0 Å². The van der Waals surface area contributed by atoms with Crippen molar-refractivity contribution >= 4 is 17.3 Å². The van der Waals surface area contributed by atoms with E-state index in [4.69, 9.17) is 9.84 Å². The molecule has 0 radical (unpaired) electrons. The van der Waals surface area contributed by atoms with Crippen molar-refractivity contribution in [1.29, 1.82) is 0 Å². The Kier molecular flexibility index (Phi) is 2.01. The summed E-state index contributed by atoms with van der Waals surface area (Å²) in [5.41, 5.74) is 0.597. The lowest BCUT2D eigenvalue weighted by molar-refractivity contribution is -0.143. The van der Waals surface area contributed by atoms with Crippen LogP contribution in [0, 0.1) is 0 Å². The van der Waals surface area contributed by atoms with Crippen molar-refractivity contribution < 1.29 is 14.6 Å². The molecule has 70 valence electrons. The molecule has 1 aliphatic rings. The fraction of sp³-hybridized carbons (Fsp3) is 0.571. The van der Waals surface area contributed by atoms with E-state index in [1.54, 1.807) is 5.51 Å². The fourth-order valence-corrected chi connectivity index (χ4v) is 2.14. The first-order valence-corrected chi connectivity index (χ1v) is 4.71. The largest absolute Gasteiger partial charge is 0.480 e. The number of aromatic nitrogens is 2. The fourth-order valence-electron chi connectivity index (χ4n) is 1.38. The molecule has 1 N–H and O–H groups in total. The monoisotopic (exact) mass is 200 g/mol. The van der Waals surface area contributed by atoms with Gasteiger partial charge in [0.15, 0.2) is 0 Å². The molecule has 0 saturated carbocycles. The second-order valence-corrected chi connectivity index (χ2v) is 3.77. The van der Waals surface area contributed by atoms with Crippen molar-refractivity contribution in [3.05, 3.63) is 10.5 Å². The van der Waals surface area contributed by atoms with Gasteiger partial charge in [-0.25, -0.2) is 0 Å². The van der Waals surface area contributed by atoms with E-state index in [1.807, 2.05) is 0 Å². The maximum atomic E-state index is 11.1. The van der Waals surface area contributed by atoms with E-state index in [0.29, 0.717) is 18.0 Å². The van der Waals surface area contributed by atoms with Gasteiger partial charge in [-0.1, -0.05) is 0 Å². The Morgan fingerprint density at radius 1 is 1.77 bits per heavy atom. The quantitative estimate of drug-likeness (QED) is 0.742. The lowest BCUT2D eigenvalue weighted by Crippen LogP contribution is -2.36. The predicted octanol–water partition coefficient (Wildman–Crippen LogP) is 0.281. The lowest BCUT2D eigenvalue weighted by Gasteiger charge is -2.17. The first-order chi connectivity index (χ1) is 6.26. The van der Waals surface area contributed by atoms with Crippen LogP contribution < -0.4 is 0 Å². The minimum Gasteiger partial charge on any atom is -0.480 e. The van der Waals surface area contributed by atoms with E-state index >= 15 is 0 Å². The Hall–Kier alpha value is -1.01. The highest BCUT2D eigenvalue weighted by molar-refractivity contribution is 7.09. The molecule has 1 aliphatic heterocycles. The van der Waals surface area contributed by atoms with E-state index in [-0.39, 0.29) is 6.61 Å². The Morgan fingerprint density at radius 2 is 2.62 bits per heavy atom. The molecule has 0 spiro atoms. The molecule has 0 amide bonds. The summed E-state index contributed by atoms with van der Waals surface area (Å²) in [7, 11) is 0. The van der Waals surface area contributed by atoms with Crippen molar-refractivity contribution in [2.45, 2.75) is 11.8 Å². The van der Waals surface area contributed by atoms with Crippen LogP contribution in [-0.4, -0.2) is 34.5 Å². The second kappa shape index (κ2) is 3.04. The molecule has 5 nitrogen and oxygen atoms in total. The zero-order chi connectivity index (χ0) is 9.31. The molecule has 1 atom stereocenters. The molecule has 0 aromatic carbocycles. The summed E-state index contributed by atoms with van der Waals surface area (Å²) in [6, 6.07) is 0. The molecule has 13 heavy (non-hydrogen) atoms. The average Bonchev–Trinajstić information content (AvgIpc) is 2.75. The number of nitrogens with zero attached hydrogens (tertiary/aromatic N) is 2. The summed E-state index contributed by atoms with van der Waals surface area (Å²) < 4.78 is 5.10. The first-order valence-electron chi connectivity index (χ1n) is 3.83. The summed E-state index contributed by atoms with van der Waals surface area (Å²) in [5, 5.41) is 17.1. The van der Waals surface area contributed by atoms with Gasteiger partial charge in [0.05, 0.1) is 6.61 Å². The molecule has 2 rings (SSSR count).